The Morgan fingerprint density at radius 3 is 2.71 bits per heavy atom. The SMILES string of the molecule is Cc1cccnc1Sc1ccc(C(=O)O)cn1. The fourth-order valence-corrected chi connectivity index (χ4v) is 2.03. The van der Waals surface area contributed by atoms with Gasteiger partial charge in [-0.25, -0.2) is 14.8 Å². The summed E-state index contributed by atoms with van der Waals surface area (Å²) in [5.74, 6) is -0.969. The van der Waals surface area contributed by atoms with E-state index in [9.17, 15) is 4.79 Å². The monoisotopic (exact) mass is 246 g/mol. The summed E-state index contributed by atoms with van der Waals surface area (Å²) in [4.78, 5) is 19.0. The average Bonchev–Trinajstić information content (AvgIpc) is 2.33. The van der Waals surface area contributed by atoms with Crippen molar-refractivity contribution in [3.63, 3.8) is 0 Å². The number of hydrogen-bond acceptors (Lipinski definition) is 4. The summed E-state index contributed by atoms with van der Waals surface area (Å²) in [6.45, 7) is 1.97. The van der Waals surface area contributed by atoms with Crippen LogP contribution in [0.1, 0.15) is 15.9 Å². The highest BCUT2D eigenvalue weighted by atomic mass is 32.2. The van der Waals surface area contributed by atoms with E-state index >= 15 is 0 Å². The first kappa shape index (κ1) is 11.6. The molecule has 0 amide bonds. The van der Waals surface area contributed by atoms with Crippen molar-refractivity contribution in [1.82, 2.24) is 9.97 Å². The average molecular weight is 246 g/mol. The summed E-state index contributed by atoms with van der Waals surface area (Å²) >= 11 is 1.42. The molecule has 86 valence electrons. The van der Waals surface area contributed by atoms with Crippen molar-refractivity contribution < 1.29 is 9.90 Å². The predicted octanol–water partition coefficient (Wildman–Crippen LogP) is 2.63. The van der Waals surface area contributed by atoms with Gasteiger partial charge in [-0.2, -0.15) is 0 Å². The summed E-state index contributed by atoms with van der Waals surface area (Å²) in [5, 5.41) is 10.4. The standard InChI is InChI=1S/C12H10N2O2S/c1-8-3-2-6-13-11(8)17-10-5-4-9(7-14-10)12(15)16/h2-7H,1H3,(H,15,16). The van der Waals surface area contributed by atoms with Gasteiger partial charge >= 0.3 is 5.97 Å². The zero-order valence-electron chi connectivity index (χ0n) is 9.12. The van der Waals surface area contributed by atoms with Crippen molar-refractivity contribution in [2.75, 3.05) is 0 Å². The molecule has 2 rings (SSSR count). The number of hydrogen-bond donors (Lipinski definition) is 1. The van der Waals surface area contributed by atoms with Gasteiger partial charge in [0.15, 0.2) is 0 Å². The third-order valence-corrected chi connectivity index (χ3v) is 3.22. The van der Waals surface area contributed by atoms with Gasteiger partial charge in [-0.05, 0) is 42.4 Å². The molecule has 0 aliphatic carbocycles. The highest BCUT2D eigenvalue weighted by Crippen LogP contribution is 2.26. The minimum Gasteiger partial charge on any atom is -0.478 e. The zero-order chi connectivity index (χ0) is 12.3. The van der Waals surface area contributed by atoms with Gasteiger partial charge in [-0.3, -0.25) is 0 Å². The molecule has 0 aliphatic rings. The molecule has 0 aromatic carbocycles. The molecule has 0 saturated heterocycles. The Labute approximate surface area is 103 Å². The first-order chi connectivity index (χ1) is 8.16. The van der Waals surface area contributed by atoms with Crippen LogP contribution in [0.4, 0.5) is 0 Å². The van der Waals surface area contributed by atoms with E-state index in [0.29, 0.717) is 0 Å². The van der Waals surface area contributed by atoms with E-state index < -0.39 is 5.97 Å². The Morgan fingerprint density at radius 1 is 1.29 bits per heavy atom. The quantitative estimate of drug-likeness (QED) is 0.902. The Kier molecular flexibility index (Phi) is 3.39. The van der Waals surface area contributed by atoms with Crippen LogP contribution in [0, 0.1) is 6.92 Å². The minimum atomic E-state index is -0.969. The minimum absolute atomic E-state index is 0.187. The number of rotatable bonds is 3. The molecule has 17 heavy (non-hydrogen) atoms. The van der Waals surface area contributed by atoms with Crippen LogP contribution >= 0.6 is 11.8 Å². The van der Waals surface area contributed by atoms with Gasteiger partial charge in [0.2, 0.25) is 0 Å². The maximum absolute atomic E-state index is 10.7. The lowest BCUT2D eigenvalue weighted by Crippen LogP contribution is -1.96. The first-order valence-corrected chi connectivity index (χ1v) is 5.77. The van der Waals surface area contributed by atoms with Gasteiger partial charge in [-0.15, -0.1) is 0 Å². The number of nitrogens with zero attached hydrogens (tertiary/aromatic N) is 2. The molecule has 1 N–H and O–H groups in total. The number of aromatic nitrogens is 2. The largest absolute Gasteiger partial charge is 0.478 e. The summed E-state index contributed by atoms with van der Waals surface area (Å²) in [5.41, 5.74) is 1.26. The molecule has 2 aromatic rings. The topological polar surface area (TPSA) is 63.1 Å². The number of carboxylic acids is 1. The third kappa shape index (κ3) is 2.82. The van der Waals surface area contributed by atoms with Crippen molar-refractivity contribution in [3.05, 3.63) is 47.8 Å². The van der Waals surface area contributed by atoms with Crippen LogP contribution in [0.15, 0.2) is 46.7 Å². The zero-order valence-corrected chi connectivity index (χ0v) is 9.94. The number of pyridine rings is 2. The van der Waals surface area contributed by atoms with Gasteiger partial charge < -0.3 is 5.11 Å². The molecule has 0 fully saturated rings. The van der Waals surface area contributed by atoms with Crippen molar-refractivity contribution in [3.8, 4) is 0 Å². The fourth-order valence-electron chi connectivity index (χ4n) is 1.24. The normalized spacial score (nSPS) is 10.2. The van der Waals surface area contributed by atoms with Gasteiger partial charge in [0.25, 0.3) is 0 Å². The van der Waals surface area contributed by atoms with Gasteiger partial charge in [0, 0.05) is 12.4 Å². The van der Waals surface area contributed by atoms with Crippen molar-refractivity contribution in [2.24, 2.45) is 0 Å². The van der Waals surface area contributed by atoms with Crippen LogP contribution in [0.2, 0.25) is 0 Å². The lowest BCUT2D eigenvalue weighted by molar-refractivity contribution is 0.0696. The first-order valence-electron chi connectivity index (χ1n) is 4.95. The molecular formula is C12H10N2O2S. The van der Waals surface area contributed by atoms with Gasteiger partial charge in [0.05, 0.1) is 5.56 Å². The molecule has 0 radical (unpaired) electrons. The molecule has 0 atom stereocenters. The Bertz CT molecular complexity index is 540. The molecule has 5 heteroatoms. The Morgan fingerprint density at radius 2 is 2.12 bits per heavy atom. The lowest BCUT2D eigenvalue weighted by atomic mass is 10.3. The molecule has 0 saturated carbocycles. The lowest BCUT2D eigenvalue weighted by Gasteiger charge is -2.03. The van der Waals surface area contributed by atoms with Crippen LogP contribution in [0.5, 0.6) is 0 Å². The van der Waals surface area contributed by atoms with Crippen LogP contribution in [-0.2, 0) is 0 Å². The second-order valence-electron chi connectivity index (χ2n) is 3.42. The predicted molar refractivity (Wildman–Crippen MR) is 64.3 cm³/mol. The molecule has 4 nitrogen and oxygen atoms in total. The summed E-state index contributed by atoms with van der Waals surface area (Å²) in [6, 6.07) is 7.07. The molecular weight excluding hydrogens is 236 g/mol. The van der Waals surface area contributed by atoms with Crippen molar-refractivity contribution in [2.45, 2.75) is 17.0 Å². The molecule has 2 heterocycles. The summed E-state index contributed by atoms with van der Waals surface area (Å²) in [6.07, 6.45) is 3.07. The summed E-state index contributed by atoms with van der Waals surface area (Å²) < 4.78 is 0. The second-order valence-corrected chi connectivity index (χ2v) is 4.43. The molecule has 0 bridgehead atoms. The van der Waals surface area contributed by atoms with Crippen LogP contribution in [-0.4, -0.2) is 21.0 Å². The second kappa shape index (κ2) is 4.97. The fraction of sp³-hybridized carbons (Fsp3) is 0.0833. The van der Waals surface area contributed by atoms with Crippen LogP contribution < -0.4 is 0 Å². The van der Waals surface area contributed by atoms with E-state index in [1.807, 2.05) is 19.1 Å². The number of carboxylic acid groups (broad SMARTS) is 1. The molecule has 0 spiro atoms. The van der Waals surface area contributed by atoms with E-state index in [-0.39, 0.29) is 5.56 Å². The van der Waals surface area contributed by atoms with Crippen molar-refractivity contribution >= 4 is 17.7 Å². The maximum Gasteiger partial charge on any atom is 0.337 e. The Balaban J connectivity index is 2.20. The number of carbonyl (C=O) groups is 1. The van der Waals surface area contributed by atoms with Gasteiger partial charge in [0.1, 0.15) is 10.1 Å². The maximum atomic E-state index is 10.7. The van der Waals surface area contributed by atoms with E-state index in [4.69, 9.17) is 5.11 Å². The smallest absolute Gasteiger partial charge is 0.337 e. The van der Waals surface area contributed by atoms with E-state index in [1.54, 1.807) is 12.3 Å². The third-order valence-electron chi connectivity index (χ3n) is 2.15. The van der Waals surface area contributed by atoms with Gasteiger partial charge in [-0.1, -0.05) is 6.07 Å². The van der Waals surface area contributed by atoms with E-state index in [1.165, 1.54) is 24.0 Å². The summed E-state index contributed by atoms with van der Waals surface area (Å²) in [7, 11) is 0. The highest BCUT2D eigenvalue weighted by Gasteiger charge is 2.06. The van der Waals surface area contributed by atoms with E-state index in [2.05, 4.69) is 9.97 Å². The Hall–Kier alpha value is -1.88. The number of aromatic carboxylic acids is 1. The van der Waals surface area contributed by atoms with Crippen molar-refractivity contribution in [1.29, 1.82) is 0 Å². The molecule has 0 aliphatic heterocycles. The number of aryl methyl sites for hydroxylation is 1. The highest BCUT2D eigenvalue weighted by molar-refractivity contribution is 7.99. The molecule has 2 aromatic heterocycles. The molecule has 0 unspecified atom stereocenters. The van der Waals surface area contributed by atoms with E-state index in [0.717, 1.165) is 15.6 Å². The van der Waals surface area contributed by atoms with Crippen LogP contribution in [0.3, 0.4) is 0 Å². The van der Waals surface area contributed by atoms with Crippen LogP contribution in [0.25, 0.3) is 0 Å².